The molecule has 2 aromatic rings. The molecule has 4 unspecified atom stereocenters. The summed E-state index contributed by atoms with van der Waals surface area (Å²) in [4.78, 5) is 12.3. The maximum atomic E-state index is 10.1. The SMILES string of the molecule is Nc1ncnc2c1ncn2C12CC(O)C(O)C1(CO)C2. The second-order valence-electron chi connectivity index (χ2n) is 5.78. The van der Waals surface area contributed by atoms with Crippen LogP contribution < -0.4 is 5.73 Å². The number of hydrogen-bond donors (Lipinski definition) is 4. The molecule has 0 spiro atoms. The topological polar surface area (TPSA) is 130 Å². The van der Waals surface area contributed by atoms with Crippen molar-refractivity contribution < 1.29 is 15.3 Å². The molecule has 2 aliphatic rings. The van der Waals surface area contributed by atoms with Crippen molar-refractivity contribution in [2.45, 2.75) is 30.6 Å². The Kier molecular flexibility index (Phi) is 2.08. The summed E-state index contributed by atoms with van der Waals surface area (Å²) in [5, 5.41) is 29.8. The molecule has 20 heavy (non-hydrogen) atoms. The van der Waals surface area contributed by atoms with Crippen molar-refractivity contribution >= 4 is 17.0 Å². The summed E-state index contributed by atoms with van der Waals surface area (Å²) in [5.74, 6) is 0.291. The summed E-state index contributed by atoms with van der Waals surface area (Å²) in [6, 6.07) is 0. The lowest BCUT2D eigenvalue weighted by Crippen LogP contribution is -2.33. The molecule has 0 amide bonds. The molecule has 0 aromatic carbocycles. The van der Waals surface area contributed by atoms with Gasteiger partial charge in [-0.2, -0.15) is 0 Å². The lowest BCUT2D eigenvalue weighted by atomic mass is 10.00. The molecule has 0 radical (unpaired) electrons. The molecular formula is C12H15N5O3. The zero-order valence-corrected chi connectivity index (χ0v) is 10.6. The van der Waals surface area contributed by atoms with E-state index in [2.05, 4.69) is 15.0 Å². The third-order valence-corrected chi connectivity index (χ3v) is 4.99. The van der Waals surface area contributed by atoms with Crippen LogP contribution in [-0.4, -0.2) is 53.7 Å². The van der Waals surface area contributed by atoms with E-state index in [1.165, 1.54) is 6.33 Å². The van der Waals surface area contributed by atoms with Crippen LogP contribution in [0.25, 0.3) is 11.2 Å². The summed E-state index contributed by atoms with van der Waals surface area (Å²) in [7, 11) is 0. The van der Waals surface area contributed by atoms with Crippen LogP contribution in [0.15, 0.2) is 12.7 Å². The van der Waals surface area contributed by atoms with Crippen LogP contribution >= 0.6 is 0 Å². The molecule has 2 aliphatic carbocycles. The Morgan fingerprint density at radius 1 is 1.35 bits per heavy atom. The first-order valence-corrected chi connectivity index (χ1v) is 6.47. The molecule has 0 saturated heterocycles. The summed E-state index contributed by atoms with van der Waals surface area (Å²) in [6.07, 6.45) is 2.11. The van der Waals surface area contributed by atoms with Crippen LogP contribution in [0.1, 0.15) is 12.8 Å². The Labute approximate surface area is 113 Å². The number of hydrogen-bond acceptors (Lipinski definition) is 7. The lowest BCUT2D eigenvalue weighted by Gasteiger charge is -2.20. The molecule has 2 saturated carbocycles. The third-order valence-electron chi connectivity index (χ3n) is 4.99. The summed E-state index contributed by atoms with van der Waals surface area (Å²) >= 11 is 0. The van der Waals surface area contributed by atoms with E-state index < -0.39 is 23.2 Å². The minimum atomic E-state index is -0.941. The van der Waals surface area contributed by atoms with Gasteiger partial charge in [-0.05, 0) is 6.42 Å². The number of nitrogens with two attached hydrogens (primary N) is 1. The minimum Gasteiger partial charge on any atom is -0.396 e. The van der Waals surface area contributed by atoms with Gasteiger partial charge in [0.1, 0.15) is 11.8 Å². The van der Waals surface area contributed by atoms with Crippen molar-refractivity contribution in [1.82, 2.24) is 19.5 Å². The van der Waals surface area contributed by atoms with E-state index in [-0.39, 0.29) is 6.61 Å². The molecule has 5 N–H and O–H groups in total. The van der Waals surface area contributed by atoms with Crippen molar-refractivity contribution in [3.8, 4) is 0 Å². The average Bonchev–Trinajstić information content (AvgIpc) is 2.77. The lowest BCUT2D eigenvalue weighted by molar-refractivity contribution is -0.0189. The Balaban J connectivity index is 1.91. The van der Waals surface area contributed by atoms with Gasteiger partial charge in [-0.15, -0.1) is 0 Å². The predicted octanol–water partition coefficient (Wildman–Crippen LogP) is -1.39. The average molecular weight is 277 g/mol. The molecule has 8 heteroatoms. The Morgan fingerprint density at radius 3 is 2.90 bits per heavy atom. The number of aliphatic hydroxyl groups is 3. The molecule has 0 bridgehead atoms. The number of nitrogen functional groups attached to an aromatic ring is 1. The van der Waals surface area contributed by atoms with Crippen LogP contribution in [0.4, 0.5) is 5.82 Å². The standard InChI is InChI=1S/C12H15N5O3/c13-9-7-10(15-4-14-9)17(5-16-7)12-1-6(19)8(20)11(12,2-12)3-18/h4-6,8,18-20H,1-3H2,(H2,13,14,15). The first-order chi connectivity index (χ1) is 9.56. The van der Waals surface area contributed by atoms with E-state index in [1.807, 2.05) is 4.57 Å². The van der Waals surface area contributed by atoms with Crippen molar-refractivity contribution in [2.24, 2.45) is 5.41 Å². The molecular weight excluding hydrogens is 262 g/mol. The first kappa shape index (κ1) is 12.0. The van der Waals surface area contributed by atoms with Gasteiger partial charge in [0.2, 0.25) is 0 Å². The number of imidazole rings is 1. The number of nitrogens with zero attached hydrogens (tertiary/aromatic N) is 4. The number of rotatable bonds is 2. The van der Waals surface area contributed by atoms with E-state index in [4.69, 9.17) is 5.73 Å². The summed E-state index contributed by atoms with van der Waals surface area (Å²) in [5.41, 5.74) is 5.56. The predicted molar refractivity (Wildman–Crippen MR) is 68.5 cm³/mol. The largest absolute Gasteiger partial charge is 0.396 e. The fourth-order valence-corrected chi connectivity index (χ4v) is 3.84. The maximum absolute atomic E-state index is 10.1. The number of fused-ring (bicyclic) bond motifs is 2. The Morgan fingerprint density at radius 2 is 2.15 bits per heavy atom. The molecule has 2 aromatic heterocycles. The smallest absolute Gasteiger partial charge is 0.165 e. The van der Waals surface area contributed by atoms with Gasteiger partial charge in [-0.3, -0.25) is 0 Å². The highest BCUT2D eigenvalue weighted by atomic mass is 16.3. The second kappa shape index (κ2) is 3.46. The quantitative estimate of drug-likeness (QED) is 0.531. The van der Waals surface area contributed by atoms with Crippen molar-refractivity contribution in [1.29, 1.82) is 0 Å². The zero-order valence-electron chi connectivity index (χ0n) is 10.6. The van der Waals surface area contributed by atoms with Crippen LogP contribution in [-0.2, 0) is 5.54 Å². The van der Waals surface area contributed by atoms with Crippen LogP contribution in [0.3, 0.4) is 0 Å². The second-order valence-corrected chi connectivity index (χ2v) is 5.78. The van der Waals surface area contributed by atoms with Crippen LogP contribution in [0.2, 0.25) is 0 Å². The fraction of sp³-hybridized carbons (Fsp3) is 0.583. The normalized spacial score (nSPS) is 39.1. The molecule has 2 fully saturated rings. The monoisotopic (exact) mass is 277 g/mol. The van der Waals surface area contributed by atoms with Crippen molar-refractivity contribution in [2.75, 3.05) is 12.3 Å². The van der Waals surface area contributed by atoms with Crippen LogP contribution in [0, 0.1) is 5.41 Å². The van der Waals surface area contributed by atoms with Gasteiger partial charge in [0.15, 0.2) is 11.5 Å². The fourth-order valence-electron chi connectivity index (χ4n) is 3.84. The zero-order chi connectivity index (χ0) is 14.1. The molecule has 2 heterocycles. The van der Waals surface area contributed by atoms with Gasteiger partial charge >= 0.3 is 0 Å². The van der Waals surface area contributed by atoms with E-state index >= 15 is 0 Å². The molecule has 4 rings (SSSR count). The van der Waals surface area contributed by atoms with Gasteiger partial charge in [-0.1, -0.05) is 0 Å². The highest BCUT2D eigenvalue weighted by Gasteiger charge is 2.78. The van der Waals surface area contributed by atoms with Gasteiger partial charge in [0, 0.05) is 11.8 Å². The third kappa shape index (κ3) is 1.11. The van der Waals surface area contributed by atoms with Gasteiger partial charge in [0.05, 0.1) is 30.7 Å². The summed E-state index contributed by atoms with van der Waals surface area (Å²) in [6.45, 7) is -0.189. The minimum absolute atomic E-state index is 0.189. The molecule has 4 atom stereocenters. The van der Waals surface area contributed by atoms with E-state index in [1.54, 1.807) is 6.33 Å². The maximum Gasteiger partial charge on any atom is 0.165 e. The van der Waals surface area contributed by atoms with Crippen LogP contribution in [0.5, 0.6) is 0 Å². The van der Waals surface area contributed by atoms with E-state index in [0.717, 1.165) is 0 Å². The van der Waals surface area contributed by atoms with Gasteiger partial charge in [0.25, 0.3) is 0 Å². The Hall–Kier alpha value is -1.77. The highest BCUT2D eigenvalue weighted by molar-refractivity contribution is 5.81. The number of aliphatic hydroxyl groups excluding tert-OH is 3. The number of anilines is 1. The summed E-state index contributed by atoms with van der Waals surface area (Å²) < 4.78 is 1.82. The molecule has 0 aliphatic heterocycles. The molecule has 8 nitrogen and oxygen atoms in total. The van der Waals surface area contributed by atoms with Crippen molar-refractivity contribution in [3.63, 3.8) is 0 Å². The molecule has 106 valence electrons. The van der Waals surface area contributed by atoms with Gasteiger partial charge in [-0.25, -0.2) is 15.0 Å². The Bertz CT molecular complexity index is 703. The first-order valence-electron chi connectivity index (χ1n) is 6.47. The van der Waals surface area contributed by atoms with Gasteiger partial charge < -0.3 is 25.6 Å². The van der Waals surface area contributed by atoms with E-state index in [9.17, 15) is 15.3 Å². The van der Waals surface area contributed by atoms with Crippen molar-refractivity contribution in [3.05, 3.63) is 12.7 Å². The number of aromatic nitrogens is 4. The van der Waals surface area contributed by atoms with E-state index in [0.29, 0.717) is 29.8 Å². The highest BCUT2D eigenvalue weighted by Crippen LogP contribution is 2.71.